The van der Waals surface area contributed by atoms with Crippen molar-refractivity contribution in [2.75, 3.05) is 50.8 Å². The van der Waals surface area contributed by atoms with Gasteiger partial charge >= 0.3 is 0 Å². The topological polar surface area (TPSA) is 95.0 Å². The minimum atomic E-state index is -0.250. The highest BCUT2D eigenvalue weighted by Crippen LogP contribution is 2.30. The van der Waals surface area contributed by atoms with E-state index in [9.17, 15) is 4.79 Å². The third-order valence-corrected chi connectivity index (χ3v) is 6.83. The van der Waals surface area contributed by atoms with Gasteiger partial charge in [-0.1, -0.05) is 0 Å². The van der Waals surface area contributed by atoms with Crippen molar-refractivity contribution >= 4 is 39.7 Å². The molecule has 4 aliphatic rings. The van der Waals surface area contributed by atoms with Crippen LogP contribution in [0.1, 0.15) is 23.3 Å². The molecule has 1 atom stereocenters. The maximum Gasteiger partial charge on any atom is 0.290 e. The van der Waals surface area contributed by atoms with Gasteiger partial charge in [0.2, 0.25) is 0 Å². The second kappa shape index (κ2) is 9.06. The number of nitrogens with one attached hydrogen (secondary N) is 1. The van der Waals surface area contributed by atoms with Crippen LogP contribution in [-0.2, 0) is 9.53 Å². The van der Waals surface area contributed by atoms with Crippen LogP contribution >= 0.6 is 11.5 Å². The zero-order valence-electron chi connectivity index (χ0n) is 16.2. The normalized spacial score (nSPS) is 25.9. The van der Waals surface area contributed by atoms with E-state index in [-0.39, 0.29) is 18.4 Å². The zero-order chi connectivity index (χ0) is 20.2. The van der Waals surface area contributed by atoms with Gasteiger partial charge in [-0.3, -0.25) is 9.59 Å². The molecule has 5 heterocycles. The highest BCUT2D eigenvalue weighted by Gasteiger charge is 2.35. The molecule has 4 aliphatic heterocycles. The molecule has 2 N–H and O–H groups in total. The van der Waals surface area contributed by atoms with Gasteiger partial charge in [0.25, 0.3) is 12.4 Å². The van der Waals surface area contributed by atoms with E-state index in [2.05, 4.69) is 37.7 Å². The van der Waals surface area contributed by atoms with Gasteiger partial charge in [-0.25, -0.2) is 0 Å². The summed E-state index contributed by atoms with van der Waals surface area (Å²) in [6, 6.07) is 6.58. The molecular weight excluding hydrogens is 392 g/mol. The Morgan fingerprint density at radius 3 is 2.62 bits per heavy atom. The van der Waals surface area contributed by atoms with Crippen LogP contribution in [0.3, 0.4) is 0 Å². The van der Waals surface area contributed by atoms with Gasteiger partial charge in [0.15, 0.2) is 0 Å². The molecule has 1 amide bonds. The molecule has 29 heavy (non-hydrogen) atoms. The van der Waals surface area contributed by atoms with Crippen molar-refractivity contribution in [3.05, 3.63) is 23.9 Å². The highest BCUT2D eigenvalue weighted by atomic mass is 32.1. The van der Waals surface area contributed by atoms with Crippen LogP contribution in [-0.4, -0.2) is 78.7 Å². The van der Waals surface area contributed by atoms with E-state index in [0.717, 1.165) is 42.9 Å². The van der Waals surface area contributed by atoms with Gasteiger partial charge in [-0.2, -0.15) is 4.37 Å². The second-order valence-corrected chi connectivity index (χ2v) is 8.44. The summed E-state index contributed by atoms with van der Waals surface area (Å²) in [6.45, 7) is 6.47. The van der Waals surface area contributed by atoms with Crippen molar-refractivity contribution in [1.29, 1.82) is 0 Å². The lowest BCUT2D eigenvalue weighted by atomic mass is 9.84. The summed E-state index contributed by atoms with van der Waals surface area (Å²) >= 11 is 1.42. The van der Waals surface area contributed by atoms with Crippen molar-refractivity contribution in [1.82, 2.24) is 14.6 Å². The fourth-order valence-corrected chi connectivity index (χ4v) is 5.28. The first-order valence-corrected chi connectivity index (χ1v) is 10.8. The molecule has 1 aromatic carbocycles. The smallest absolute Gasteiger partial charge is 0.290 e. The first-order valence-electron chi connectivity index (χ1n) is 10.0. The molecule has 2 aromatic rings. The number of morpholine rings is 1. The molecule has 4 fully saturated rings. The third-order valence-electron chi connectivity index (χ3n) is 6.02. The number of piperidine rings is 3. The fraction of sp³-hybridized carbons (Fsp3) is 0.550. The van der Waals surface area contributed by atoms with Crippen LogP contribution in [0.5, 0.6) is 0 Å². The van der Waals surface area contributed by atoms with E-state index in [0.29, 0.717) is 11.6 Å². The SMILES string of the molecule is O=C(N[C@H]1CN2CCC1CC2)c1nsc2cc(N3CCOCC3)ccc12.O=CO. The summed E-state index contributed by atoms with van der Waals surface area (Å²) in [5, 5.41) is 11.1. The van der Waals surface area contributed by atoms with Gasteiger partial charge in [0.05, 0.1) is 17.9 Å². The average Bonchev–Trinajstić information content (AvgIpc) is 3.19. The number of hydrogen-bond donors (Lipinski definition) is 2. The van der Waals surface area contributed by atoms with Crippen molar-refractivity contribution < 1.29 is 19.4 Å². The van der Waals surface area contributed by atoms with E-state index in [1.807, 2.05) is 0 Å². The number of amides is 1. The predicted octanol–water partition coefficient (Wildman–Crippen LogP) is 1.66. The van der Waals surface area contributed by atoms with E-state index < -0.39 is 0 Å². The Kier molecular flexibility index (Phi) is 6.27. The predicted molar refractivity (Wildman–Crippen MR) is 112 cm³/mol. The number of anilines is 1. The van der Waals surface area contributed by atoms with Crippen LogP contribution < -0.4 is 10.2 Å². The number of ether oxygens (including phenoxy) is 1. The second-order valence-electron chi connectivity index (χ2n) is 7.63. The number of fused-ring (bicyclic) bond motifs is 4. The molecule has 9 heteroatoms. The number of carboxylic acid groups (broad SMARTS) is 1. The number of rotatable bonds is 3. The molecule has 6 rings (SSSR count). The minimum Gasteiger partial charge on any atom is -0.483 e. The Hall–Kier alpha value is -2.23. The Bertz CT molecular complexity index is 859. The summed E-state index contributed by atoms with van der Waals surface area (Å²) in [6.07, 6.45) is 2.40. The lowest BCUT2D eigenvalue weighted by Crippen LogP contribution is -2.57. The van der Waals surface area contributed by atoms with E-state index in [4.69, 9.17) is 14.6 Å². The zero-order valence-corrected chi connectivity index (χ0v) is 17.1. The summed E-state index contributed by atoms with van der Waals surface area (Å²) in [7, 11) is 0. The molecule has 0 saturated carbocycles. The average molecular weight is 419 g/mol. The maximum absolute atomic E-state index is 12.8. The molecule has 0 unspecified atom stereocenters. The van der Waals surface area contributed by atoms with Gasteiger partial charge in [0, 0.05) is 36.7 Å². The summed E-state index contributed by atoms with van der Waals surface area (Å²) in [5.41, 5.74) is 1.77. The number of nitrogens with zero attached hydrogens (tertiary/aromatic N) is 3. The van der Waals surface area contributed by atoms with Crippen molar-refractivity contribution in [2.24, 2.45) is 5.92 Å². The maximum atomic E-state index is 12.8. The molecular formula is C20H26N4O4S. The standard InChI is InChI=1S/C19H24N4O2S.CH2O2/c24-19(20-16-12-22-5-3-13(16)4-6-22)18-15-2-1-14(11-17(15)26-21-18)23-7-9-25-10-8-23;2-1-3/h1-2,11,13,16H,3-10,12H2,(H,20,24);1H,(H,2,3)/t16-;/m0./s1. The van der Waals surface area contributed by atoms with Crippen LogP contribution in [0.15, 0.2) is 18.2 Å². The van der Waals surface area contributed by atoms with E-state index in [1.165, 1.54) is 43.2 Å². The summed E-state index contributed by atoms with van der Waals surface area (Å²) in [5.74, 6) is 0.607. The minimum absolute atomic E-state index is 0.0193. The van der Waals surface area contributed by atoms with Gasteiger partial charge in [-0.15, -0.1) is 0 Å². The lowest BCUT2D eigenvalue weighted by Gasteiger charge is -2.44. The van der Waals surface area contributed by atoms with Crippen LogP contribution in [0.4, 0.5) is 5.69 Å². The summed E-state index contributed by atoms with van der Waals surface area (Å²) in [4.78, 5) is 26.0. The van der Waals surface area contributed by atoms with Crippen molar-refractivity contribution in [3.63, 3.8) is 0 Å². The van der Waals surface area contributed by atoms with Crippen LogP contribution in [0.2, 0.25) is 0 Å². The third kappa shape index (κ3) is 4.36. The van der Waals surface area contributed by atoms with Crippen molar-refractivity contribution in [3.8, 4) is 0 Å². The van der Waals surface area contributed by atoms with Gasteiger partial charge in [0.1, 0.15) is 5.69 Å². The number of hydrogen-bond acceptors (Lipinski definition) is 7. The summed E-state index contributed by atoms with van der Waals surface area (Å²) < 4.78 is 11.0. The Morgan fingerprint density at radius 2 is 1.97 bits per heavy atom. The van der Waals surface area contributed by atoms with Gasteiger partial charge < -0.3 is 25.0 Å². The first-order chi connectivity index (χ1) is 14.2. The molecule has 0 aliphatic carbocycles. The Labute approximate surface area is 173 Å². The first kappa shape index (κ1) is 20.1. The Balaban J connectivity index is 0.000000645. The molecule has 0 radical (unpaired) electrons. The largest absolute Gasteiger partial charge is 0.483 e. The molecule has 156 valence electrons. The van der Waals surface area contributed by atoms with E-state index >= 15 is 0 Å². The molecule has 1 aromatic heterocycles. The highest BCUT2D eigenvalue weighted by molar-refractivity contribution is 7.13. The van der Waals surface area contributed by atoms with Crippen LogP contribution in [0.25, 0.3) is 10.1 Å². The quantitative estimate of drug-likeness (QED) is 0.732. The number of aromatic nitrogens is 1. The van der Waals surface area contributed by atoms with E-state index in [1.54, 1.807) is 0 Å². The van der Waals surface area contributed by atoms with Gasteiger partial charge in [-0.05, 0) is 61.6 Å². The number of benzene rings is 1. The number of carbonyl (C=O) groups excluding carboxylic acids is 1. The lowest BCUT2D eigenvalue weighted by molar-refractivity contribution is -0.122. The van der Waals surface area contributed by atoms with Crippen molar-refractivity contribution in [2.45, 2.75) is 18.9 Å². The Morgan fingerprint density at radius 1 is 1.24 bits per heavy atom. The molecule has 2 bridgehead atoms. The monoisotopic (exact) mass is 418 g/mol. The molecule has 4 saturated heterocycles. The molecule has 8 nitrogen and oxygen atoms in total. The fourth-order valence-electron chi connectivity index (χ4n) is 4.47. The van der Waals surface area contributed by atoms with Crippen LogP contribution in [0, 0.1) is 5.92 Å². The molecule has 0 spiro atoms. The number of carbonyl (C=O) groups is 2.